The summed E-state index contributed by atoms with van der Waals surface area (Å²) in [7, 11) is 0. The van der Waals surface area contributed by atoms with Gasteiger partial charge in [-0.25, -0.2) is 0 Å². The SMILES string of the molecule is CC(C)(C)[C@H]1C(=O)OCC1(C)C. The van der Waals surface area contributed by atoms with Crippen LogP contribution in [0.3, 0.4) is 0 Å². The van der Waals surface area contributed by atoms with Crippen molar-refractivity contribution in [2.45, 2.75) is 34.6 Å². The summed E-state index contributed by atoms with van der Waals surface area (Å²) < 4.78 is 5.07. The van der Waals surface area contributed by atoms with Crippen LogP contribution in [0, 0.1) is 16.7 Å². The van der Waals surface area contributed by atoms with Crippen LogP contribution in [0.4, 0.5) is 0 Å². The number of carbonyl (C=O) groups is 1. The molecule has 1 heterocycles. The summed E-state index contributed by atoms with van der Waals surface area (Å²) >= 11 is 0. The van der Waals surface area contributed by atoms with E-state index >= 15 is 0 Å². The maximum Gasteiger partial charge on any atom is 0.310 e. The largest absolute Gasteiger partial charge is 0.465 e. The van der Waals surface area contributed by atoms with Crippen LogP contribution in [0.25, 0.3) is 0 Å². The van der Waals surface area contributed by atoms with Gasteiger partial charge in [0.25, 0.3) is 0 Å². The summed E-state index contributed by atoms with van der Waals surface area (Å²) in [5, 5.41) is 0. The third kappa shape index (κ3) is 1.47. The average Bonchev–Trinajstić information content (AvgIpc) is 2.03. The zero-order valence-electron chi connectivity index (χ0n) is 8.60. The summed E-state index contributed by atoms with van der Waals surface area (Å²) in [6.45, 7) is 11.0. The lowest BCUT2D eigenvalue weighted by molar-refractivity contribution is -0.144. The average molecular weight is 170 g/mol. The van der Waals surface area contributed by atoms with Gasteiger partial charge in [-0.15, -0.1) is 0 Å². The maximum atomic E-state index is 11.4. The summed E-state index contributed by atoms with van der Waals surface area (Å²) in [4.78, 5) is 11.4. The van der Waals surface area contributed by atoms with Gasteiger partial charge in [-0.05, 0) is 5.41 Å². The summed E-state index contributed by atoms with van der Waals surface area (Å²) in [5.41, 5.74) is 0.00637. The Labute approximate surface area is 74.3 Å². The topological polar surface area (TPSA) is 26.3 Å². The van der Waals surface area contributed by atoms with Crippen molar-refractivity contribution in [1.82, 2.24) is 0 Å². The second kappa shape index (κ2) is 2.48. The molecule has 1 fully saturated rings. The molecule has 0 saturated carbocycles. The summed E-state index contributed by atoms with van der Waals surface area (Å²) in [5.74, 6) is -0.00231. The zero-order valence-corrected chi connectivity index (χ0v) is 8.60. The number of carbonyl (C=O) groups excluding carboxylic acids is 1. The van der Waals surface area contributed by atoms with Crippen LogP contribution in [0.15, 0.2) is 0 Å². The molecule has 1 aliphatic heterocycles. The Morgan fingerprint density at radius 1 is 1.42 bits per heavy atom. The van der Waals surface area contributed by atoms with Crippen molar-refractivity contribution < 1.29 is 9.53 Å². The molecule has 0 aromatic rings. The molecular weight excluding hydrogens is 152 g/mol. The number of hydrogen-bond acceptors (Lipinski definition) is 2. The Hall–Kier alpha value is -0.530. The van der Waals surface area contributed by atoms with E-state index in [4.69, 9.17) is 4.74 Å². The molecule has 70 valence electrons. The van der Waals surface area contributed by atoms with Gasteiger partial charge >= 0.3 is 5.97 Å². The van der Waals surface area contributed by atoms with Crippen molar-refractivity contribution in [2.24, 2.45) is 16.7 Å². The minimum atomic E-state index is -0.0347. The Kier molecular flexibility index (Phi) is 1.97. The van der Waals surface area contributed by atoms with Gasteiger partial charge in [0.15, 0.2) is 0 Å². The molecule has 0 unspecified atom stereocenters. The summed E-state index contributed by atoms with van der Waals surface area (Å²) in [6.07, 6.45) is 0. The van der Waals surface area contributed by atoms with Crippen LogP contribution in [0.5, 0.6) is 0 Å². The standard InChI is InChI=1S/C10H18O2/c1-9(2,3)7-8(11)12-6-10(7,4)5/h7H,6H2,1-5H3/t7-/m1/s1. The van der Waals surface area contributed by atoms with Crippen molar-refractivity contribution in [2.75, 3.05) is 6.61 Å². The quantitative estimate of drug-likeness (QED) is 0.521. The highest BCUT2D eigenvalue weighted by molar-refractivity contribution is 5.76. The number of rotatable bonds is 0. The van der Waals surface area contributed by atoms with Crippen LogP contribution in [0.2, 0.25) is 0 Å². The molecule has 0 amide bonds. The highest BCUT2D eigenvalue weighted by Crippen LogP contribution is 2.45. The number of cyclic esters (lactones) is 1. The van der Waals surface area contributed by atoms with E-state index < -0.39 is 0 Å². The molecular formula is C10H18O2. The van der Waals surface area contributed by atoms with Crippen molar-refractivity contribution in [3.63, 3.8) is 0 Å². The molecule has 12 heavy (non-hydrogen) atoms. The van der Waals surface area contributed by atoms with Crippen LogP contribution in [-0.4, -0.2) is 12.6 Å². The molecule has 2 heteroatoms. The minimum Gasteiger partial charge on any atom is -0.465 e. The van der Waals surface area contributed by atoms with Gasteiger partial charge in [-0.3, -0.25) is 4.79 Å². The van der Waals surface area contributed by atoms with Gasteiger partial charge in [0.1, 0.15) is 0 Å². The van der Waals surface area contributed by atoms with Gasteiger partial charge in [-0.1, -0.05) is 34.6 Å². The Morgan fingerprint density at radius 2 is 1.92 bits per heavy atom. The molecule has 0 aromatic heterocycles. The molecule has 0 bridgehead atoms. The second-order valence-electron chi connectivity index (χ2n) is 5.40. The molecule has 1 saturated heterocycles. The maximum absolute atomic E-state index is 11.4. The third-order valence-corrected chi connectivity index (χ3v) is 2.47. The zero-order chi connectivity index (χ0) is 9.57. The monoisotopic (exact) mass is 170 g/mol. The lowest BCUT2D eigenvalue weighted by Crippen LogP contribution is -2.35. The molecule has 2 nitrogen and oxygen atoms in total. The van der Waals surface area contributed by atoms with E-state index in [0.717, 1.165) is 0 Å². The van der Waals surface area contributed by atoms with Gasteiger partial charge in [-0.2, -0.15) is 0 Å². The first-order valence-corrected chi connectivity index (χ1v) is 4.42. The first-order chi connectivity index (χ1) is 5.25. The van der Waals surface area contributed by atoms with Crippen LogP contribution >= 0.6 is 0 Å². The van der Waals surface area contributed by atoms with E-state index in [0.29, 0.717) is 6.61 Å². The lowest BCUT2D eigenvalue weighted by Gasteiger charge is -2.32. The van der Waals surface area contributed by atoms with Crippen molar-refractivity contribution in [1.29, 1.82) is 0 Å². The molecule has 0 aliphatic carbocycles. The molecule has 1 rings (SSSR count). The minimum absolute atomic E-state index is 0.00463. The van der Waals surface area contributed by atoms with E-state index in [2.05, 4.69) is 34.6 Å². The molecule has 1 atom stereocenters. The van der Waals surface area contributed by atoms with Gasteiger partial charge in [0.05, 0.1) is 12.5 Å². The predicted octanol–water partition coefficient (Wildman–Crippen LogP) is 2.23. The van der Waals surface area contributed by atoms with E-state index in [1.165, 1.54) is 0 Å². The number of hydrogen-bond donors (Lipinski definition) is 0. The van der Waals surface area contributed by atoms with Crippen LogP contribution in [-0.2, 0) is 9.53 Å². The van der Waals surface area contributed by atoms with Gasteiger partial charge in [0, 0.05) is 5.41 Å². The third-order valence-electron chi connectivity index (χ3n) is 2.47. The predicted molar refractivity (Wildman–Crippen MR) is 47.7 cm³/mol. The van der Waals surface area contributed by atoms with Gasteiger partial charge in [0.2, 0.25) is 0 Å². The summed E-state index contributed by atoms with van der Waals surface area (Å²) in [6, 6.07) is 0. The lowest BCUT2D eigenvalue weighted by atomic mass is 9.67. The van der Waals surface area contributed by atoms with Gasteiger partial charge < -0.3 is 4.74 Å². The first kappa shape index (κ1) is 9.56. The highest BCUT2D eigenvalue weighted by Gasteiger charge is 2.49. The molecule has 0 radical (unpaired) electrons. The van der Waals surface area contributed by atoms with Crippen molar-refractivity contribution >= 4 is 5.97 Å². The van der Waals surface area contributed by atoms with Crippen molar-refractivity contribution in [3.8, 4) is 0 Å². The number of esters is 1. The molecule has 0 spiro atoms. The van der Waals surface area contributed by atoms with Crippen molar-refractivity contribution in [3.05, 3.63) is 0 Å². The fourth-order valence-corrected chi connectivity index (χ4v) is 2.27. The van der Waals surface area contributed by atoms with Crippen LogP contribution < -0.4 is 0 Å². The molecule has 0 N–H and O–H groups in total. The van der Waals surface area contributed by atoms with E-state index in [9.17, 15) is 4.79 Å². The fraction of sp³-hybridized carbons (Fsp3) is 0.900. The normalized spacial score (nSPS) is 28.8. The van der Waals surface area contributed by atoms with E-state index in [1.54, 1.807) is 0 Å². The Bertz CT molecular complexity index is 198. The fourth-order valence-electron chi connectivity index (χ4n) is 2.27. The first-order valence-electron chi connectivity index (χ1n) is 4.42. The van der Waals surface area contributed by atoms with Crippen LogP contribution in [0.1, 0.15) is 34.6 Å². The van der Waals surface area contributed by atoms with E-state index in [1.807, 2.05) is 0 Å². The number of ether oxygens (including phenoxy) is 1. The Balaban J connectivity index is 2.93. The highest BCUT2D eigenvalue weighted by atomic mass is 16.5. The van der Waals surface area contributed by atoms with E-state index in [-0.39, 0.29) is 22.7 Å². The second-order valence-corrected chi connectivity index (χ2v) is 5.40. The Morgan fingerprint density at radius 3 is 2.08 bits per heavy atom. The molecule has 1 aliphatic rings. The molecule has 0 aromatic carbocycles. The smallest absolute Gasteiger partial charge is 0.310 e.